The van der Waals surface area contributed by atoms with Gasteiger partial charge in [-0.1, -0.05) is 41.9 Å². The van der Waals surface area contributed by atoms with Crippen molar-refractivity contribution in [3.8, 4) is 17.0 Å². The quantitative estimate of drug-likeness (QED) is 0.820. The lowest BCUT2D eigenvalue weighted by molar-refractivity contribution is 0.367. The molecule has 0 aliphatic carbocycles. The van der Waals surface area contributed by atoms with Gasteiger partial charge in [-0.05, 0) is 5.56 Å². The predicted octanol–water partition coefficient (Wildman–Crippen LogP) is 2.11. The molecule has 0 amide bonds. The number of aromatic nitrogens is 2. The first-order chi connectivity index (χ1) is 8.15. The lowest BCUT2D eigenvalue weighted by Crippen LogP contribution is -2.16. The normalized spacial score (nSPS) is 10.3. The zero-order valence-corrected chi connectivity index (χ0v) is 10.2. The van der Waals surface area contributed by atoms with E-state index in [-0.39, 0.29) is 10.6 Å². The molecule has 0 aliphatic rings. The summed E-state index contributed by atoms with van der Waals surface area (Å²) < 4.78 is 6.66. The number of hydrogen-bond donors (Lipinski definition) is 0. The third-order valence-electron chi connectivity index (χ3n) is 2.42. The van der Waals surface area contributed by atoms with Gasteiger partial charge in [0.2, 0.25) is 11.3 Å². The molecule has 88 valence electrons. The first kappa shape index (κ1) is 11.7. The Morgan fingerprint density at radius 3 is 2.53 bits per heavy atom. The highest BCUT2D eigenvalue weighted by Crippen LogP contribution is 2.26. The molecule has 1 heterocycles. The highest BCUT2D eigenvalue weighted by molar-refractivity contribution is 6.29. The van der Waals surface area contributed by atoms with Crippen LogP contribution in [0.5, 0.6) is 5.88 Å². The van der Waals surface area contributed by atoms with Gasteiger partial charge in [-0.2, -0.15) is 5.10 Å². The van der Waals surface area contributed by atoms with Crippen molar-refractivity contribution in [2.45, 2.75) is 0 Å². The van der Waals surface area contributed by atoms with E-state index in [1.54, 1.807) is 7.05 Å². The van der Waals surface area contributed by atoms with E-state index < -0.39 is 0 Å². The van der Waals surface area contributed by atoms with E-state index >= 15 is 0 Å². The van der Waals surface area contributed by atoms with Crippen LogP contribution in [0.15, 0.2) is 35.1 Å². The molecule has 4 nitrogen and oxygen atoms in total. The van der Waals surface area contributed by atoms with E-state index in [9.17, 15) is 4.79 Å². The SMILES string of the molecule is COc1c(-c2ccccc2)c(=O)c(Cl)nn1C. The molecule has 1 aromatic heterocycles. The predicted molar refractivity (Wildman–Crippen MR) is 66.5 cm³/mol. The van der Waals surface area contributed by atoms with Crippen molar-refractivity contribution in [3.05, 3.63) is 45.7 Å². The Labute approximate surface area is 103 Å². The summed E-state index contributed by atoms with van der Waals surface area (Å²) in [6.07, 6.45) is 0. The van der Waals surface area contributed by atoms with Crippen LogP contribution in [0.3, 0.4) is 0 Å². The molecule has 0 saturated heterocycles. The summed E-state index contributed by atoms with van der Waals surface area (Å²) in [6.45, 7) is 0. The average Bonchev–Trinajstić information content (AvgIpc) is 2.34. The molecule has 0 radical (unpaired) electrons. The summed E-state index contributed by atoms with van der Waals surface area (Å²) in [5, 5.41) is 3.81. The van der Waals surface area contributed by atoms with E-state index in [0.717, 1.165) is 5.56 Å². The first-order valence-electron chi connectivity index (χ1n) is 5.01. The van der Waals surface area contributed by atoms with E-state index in [1.165, 1.54) is 11.8 Å². The van der Waals surface area contributed by atoms with Crippen LogP contribution < -0.4 is 10.2 Å². The van der Waals surface area contributed by atoms with Crippen molar-refractivity contribution in [1.29, 1.82) is 0 Å². The number of hydrogen-bond acceptors (Lipinski definition) is 3. The standard InChI is InChI=1S/C12H11ClN2O2/c1-15-12(17-2)9(10(16)11(13)14-15)8-6-4-3-5-7-8/h3-7H,1-2H3. The molecular weight excluding hydrogens is 240 g/mol. The number of nitrogens with zero attached hydrogens (tertiary/aromatic N) is 2. The van der Waals surface area contributed by atoms with E-state index in [4.69, 9.17) is 16.3 Å². The van der Waals surface area contributed by atoms with Gasteiger partial charge in [0.25, 0.3) is 0 Å². The summed E-state index contributed by atoms with van der Waals surface area (Å²) >= 11 is 5.80. The fourth-order valence-electron chi connectivity index (χ4n) is 1.68. The molecule has 17 heavy (non-hydrogen) atoms. The third kappa shape index (κ3) is 2.03. The Bertz CT molecular complexity index is 593. The monoisotopic (exact) mass is 250 g/mol. The van der Waals surface area contributed by atoms with Crippen molar-refractivity contribution in [3.63, 3.8) is 0 Å². The molecule has 0 aliphatic heterocycles. The first-order valence-corrected chi connectivity index (χ1v) is 5.39. The van der Waals surface area contributed by atoms with Gasteiger partial charge in [-0.3, -0.25) is 4.79 Å². The van der Waals surface area contributed by atoms with Crippen LogP contribution in [0.4, 0.5) is 0 Å². The number of methoxy groups -OCH3 is 1. The maximum atomic E-state index is 12.0. The lowest BCUT2D eigenvalue weighted by Gasteiger charge is -2.11. The minimum atomic E-state index is -0.326. The van der Waals surface area contributed by atoms with Gasteiger partial charge < -0.3 is 4.74 Å². The van der Waals surface area contributed by atoms with E-state index in [0.29, 0.717) is 11.4 Å². The largest absolute Gasteiger partial charge is 0.481 e. The highest BCUT2D eigenvalue weighted by atomic mass is 35.5. The molecular formula is C12H11ClN2O2. The second-order valence-corrected chi connectivity index (χ2v) is 3.85. The van der Waals surface area contributed by atoms with Gasteiger partial charge in [-0.25, -0.2) is 4.68 Å². The molecule has 0 N–H and O–H groups in total. The fraction of sp³-hybridized carbons (Fsp3) is 0.167. The molecule has 0 spiro atoms. The van der Waals surface area contributed by atoms with Crippen LogP contribution in [-0.2, 0) is 7.05 Å². The van der Waals surface area contributed by atoms with Gasteiger partial charge in [0.05, 0.1) is 12.7 Å². The maximum Gasteiger partial charge on any atom is 0.230 e. The van der Waals surface area contributed by atoms with Gasteiger partial charge >= 0.3 is 0 Å². The van der Waals surface area contributed by atoms with Crippen LogP contribution in [0.1, 0.15) is 0 Å². The zero-order valence-electron chi connectivity index (χ0n) is 9.48. The van der Waals surface area contributed by atoms with Crippen LogP contribution >= 0.6 is 11.6 Å². The lowest BCUT2D eigenvalue weighted by atomic mass is 10.1. The highest BCUT2D eigenvalue weighted by Gasteiger charge is 2.16. The molecule has 0 saturated carbocycles. The smallest absolute Gasteiger partial charge is 0.230 e. The maximum absolute atomic E-state index is 12.0. The average molecular weight is 251 g/mol. The van der Waals surface area contributed by atoms with Gasteiger partial charge in [0, 0.05) is 7.05 Å². The Morgan fingerprint density at radius 1 is 1.29 bits per heavy atom. The van der Waals surface area contributed by atoms with Crippen molar-refractivity contribution in [2.75, 3.05) is 7.11 Å². The molecule has 0 bridgehead atoms. The Hall–Kier alpha value is -1.81. The third-order valence-corrected chi connectivity index (χ3v) is 2.66. The van der Waals surface area contributed by atoms with Crippen molar-refractivity contribution < 1.29 is 4.74 Å². The summed E-state index contributed by atoms with van der Waals surface area (Å²) in [4.78, 5) is 12.0. The minimum absolute atomic E-state index is 0.0628. The topological polar surface area (TPSA) is 44.1 Å². The summed E-state index contributed by atoms with van der Waals surface area (Å²) in [6, 6.07) is 9.24. The Kier molecular flexibility index (Phi) is 3.15. The Balaban J connectivity index is 2.80. The summed E-state index contributed by atoms with van der Waals surface area (Å²) in [7, 11) is 3.17. The van der Waals surface area contributed by atoms with Crippen molar-refractivity contribution in [1.82, 2.24) is 9.78 Å². The number of halogens is 1. The number of rotatable bonds is 2. The van der Waals surface area contributed by atoms with Crippen molar-refractivity contribution >= 4 is 11.6 Å². The minimum Gasteiger partial charge on any atom is -0.481 e. The van der Waals surface area contributed by atoms with Gasteiger partial charge in [0.1, 0.15) is 0 Å². The van der Waals surface area contributed by atoms with Gasteiger partial charge in [-0.15, -0.1) is 0 Å². The van der Waals surface area contributed by atoms with Crippen LogP contribution in [0.2, 0.25) is 5.15 Å². The van der Waals surface area contributed by atoms with Crippen LogP contribution in [0, 0.1) is 0 Å². The molecule has 2 aromatic rings. The van der Waals surface area contributed by atoms with Crippen LogP contribution in [-0.4, -0.2) is 16.9 Å². The fourth-order valence-corrected chi connectivity index (χ4v) is 1.89. The van der Waals surface area contributed by atoms with Crippen molar-refractivity contribution in [2.24, 2.45) is 7.05 Å². The Morgan fingerprint density at radius 2 is 1.94 bits per heavy atom. The molecule has 5 heteroatoms. The van der Waals surface area contributed by atoms with Crippen LogP contribution in [0.25, 0.3) is 11.1 Å². The van der Waals surface area contributed by atoms with Gasteiger partial charge in [0.15, 0.2) is 5.15 Å². The molecule has 2 rings (SSSR count). The molecule has 0 unspecified atom stereocenters. The zero-order chi connectivity index (χ0) is 12.4. The number of aryl methyl sites for hydroxylation is 1. The second-order valence-electron chi connectivity index (χ2n) is 3.49. The summed E-state index contributed by atoms with van der Waals surface area (Å²) in [5.41, 5.74) is 0.859. The molecule has 0 fully saturated rings. The summed E-state index contributed by atoms with van der Waals surface area (Å²) in [5.74, 6) is 0.394. The molecule has 1 aromatic carbocycles. The van der Waals surface area contributed by atoms with E-state index in [1.807, 2.05) is 30.3 Å². The second kappa shape index (κ2) is 4.59. The molecule has 0 atom stereocenters. The van der Waals surface area contributed by atoms with E-state index in [2.05, 4.69) is 5.10 Å². The number of benzene rings is 1. The number of ether oxygens (including phenoxy) is 1.